The van der Waals surface area contributed by atoms with E-state index in [1.165, 1.54) is 5.56 Å². The third-order valence-electron chi connectivity index (χ3n) is 5.36. The van der Waals surface area contributed by atoms with E-state index < -0.39 is 0 Å². The molecule has 0 aliphatic carbocycles. The van der Waals surface area contributed by atoms with Gasteiger partial charge in [-0.2, -0.15) is 5.10 Å². The van der Waals surface area contributed by atoms with Crippen LogP contribution in [-0.2, 0) is 16.0 Å². The second kappa shape index (κ2) is 9.89. The second-order valence-corrected chi connectivity index (χ2v) is 7.61. The molecule has 31 heavy (non-hydrogen) atoms. The van der Waals surface area contributed by atoms with Gasteiger partial charge >= 0.3 is 0 Å². The Hall–Kier alpha value is -2.97. The molecule has 1 fully saturated rings. The third-order valence-corrected chi connectivity index (χ3v) is 5.36. The highest BCUT2D eigenvalue weighted by molar-refractivity contribution is 5.99. The van der Waals surface area contributed by atoms with Gasteiger partial charge in [0.1, 0.15) is 5.52 Å². The molecule has 164 valence electrons. The molecule has 2 aromatic heterocycles. The van der Waals surface area contributed by atoms with Gasteiger partial charge in [0.15, 0.2) is 11.5 Å². The minimum absolute atomic E-state index is 0.624. The van der Waals surface area contributed by atoms with Crippen molar-refractivity contribution < 1.29 is 9.47 Å². The van der Waals surface area contributed by atoms with Crippen LogP contribution in [0.4, 0.5) is 11.5 Å². The molecule has 1 aliphatic rings. The highest BCUT2D eigenvalue weighted by Gasteiger charge is 2.19. The van der Waals surface area contributed by atoms with Crippen molar-refractivity contribution >= 4 is 28.4 Å². The predicted molar refractivity (Wildman–Crippen MR) is 124 cm³/mol. The number of nitrogens with one attached hydrogen (secondary N) is 1. The Balaban J connectivity index is 1.66. The summed E-state index contributed by atoms with van der Waals surface area (Å²) in [7, 11) is 0. The number of ether oxygens (including phenoxy) is 2. The molecule has 4 rings (SSSR count). The van der Waals surface area contributed by atoms with Gasteiger partial charge in [0.2, 0.25) is 0 Å². The highest BCUT2D eigenvalue weighted by Crippen LogP contribution is 2.28. The van der Waals surface area contributed by atoms with Crippen LogP contribution in [0.3, 0.4) is 0 Å². The molecule has 0 atom stereocenters. The van der Waals surface area contributed by atoms with E-state index in [0.29, 0.717) is 38.8 Å². The second-order valence-electron chi connectivity index (χ2n) is 7.61. The molecule has 0 saturated carbocycles. The number of aromatic nitrogens is 3. The van der Waals surface area contributed by atoms with Gasteiger partial charge in [-0.3, -0.25) is 5.43 Å². The first kappa shape index (κ1) is 21.3. The van der Waals surface area contributed by atoms with Gasteiger partial charge in [-0.15, -0.1) is 0 Å². The fourth-order valence-electron chi connectivity index (χ4n) is 3.67. The number of hydrogen-bond acceptors (Lipinski definition) is 7. The summed E-state index contributed by atoms with van der Waals surface area (Å²) in [6, 6.07) is 10.3. The number of pyridine rings is 1. The van der Waals surface area contributed by atoms with Gasteiger partial charge < -0.3 is 18.9 Å². The zero-order chi connectivity index (χ0) is 21.6. The monoisotopic (exact) mass is 422 g/mol. The number of aryl methyl sites for hydroxylation is 1. The number of imidazole rings is 1. The lowest BCUT2D eigenvalue weighted by molar-refractivity contribution is 0.123. The van der Waals surface area contributed by atoms with Crippen molar-refractivity contribution in [1.29, 1.82) is 0 Å². The Bertz CT molecular complexity index is 1060. The van der Waals surface area contributed by atoms with Crippen LogP contribution in [0.2, 0.25) is 0 Å². The molecule has 3 heterocycles. The Morgan fingerprint density at radius 1 is 1.26 bits per heavy atom. The molecule has 1 saturated heterocycles. The molecular formula is C23H30N6O2. The maximum atomic E-state index is 5.53. The molecular weight excluding hydrogens is 392 g/mol. The smallest absolute Gasteiger partial charge is 0.164 e. The van der Waals surface area contributed by atoms with Crippen molar-refractivity contribution in [3.63, 3.8) is 0 Å². The van der Waals surface area contributed by atoms with Gasteiger partial charge in [-0.05, 0) is 26.3 Å². The summed E-state index contributed by atoms with van der Waals surface area (Å²) in [5.74, 6) is 0.694. The SMILES string of the molecule is CCOCCn1cnc2c(N3CCOCC3)cc(N/N=C(\C)c3cccc(C)c3)nc21. The molecule has 1 N–H and O–H groups in total. The van der Waals surface area contributed by atoms with Crippen LogP contribution in [0.5, 0.6) is 0 Å². The molecule has 0 radical (unpaired) electrons. The van der Waals surface area contributed by atoms with Crippen LogP contribution >= 0.6 is 0 Å². The summed E-state index contributed by atoms with van der Waals surface area (Å²) < 4.78 is 13.1. The lowest BCUT2D eigenvalue weighted by atomic mass is 10.1. The summed E-state index contributed by atoms with van der Waals surface area (Å²) in [6.07, 6.45) is 1.84. The lowest BCUT2D eigenvalue weighted by Gasteiger charge is -2.29. The number of benzene rings is 1. The van der Waals surface area contributed by atoms with E-state index in [1.807, 2.05) is 36.9 Å². The zero-order valence-electron chi connectivity index (χ0n) is 18.5. The number of anilines is 2. The molecule has 8 nitrogen and oxygen atoms in total. The Kier molecular flexibility index (Phi) is 6.79. The molecule has 3 aromatic rings. The average molecular weight is 423 g/mol. The van der Waals surface area contributed by atoms with Crippen LogP contribution < -0.4 is 10.3 Å². The predicted octanol–water partition coefficient (Wildman–Crippen LogP) is 3.45. The van der Waals surface area contributed by atoms with E-state index in [1.54, 1.807) is 0 Å². The largest absolute Gasteiger partial charge is 0.380 e. The highest BCUT2D eigenvalue weighted by atomic mass is 16.5. The number of hydrogen-bond donors (Lipinski definition) is 1. The van der Waals surface area contributed by atoms with Gasteiger partial charge in [0, 0.05) is 32.3 Å². The number of hydrazone groups is 1. The fraction of sp³-hybridized carbons (Fsp3) is 0.435. The topological polar surface area (TPSA) is 76.8 Å². The number of rotatable bonds is 8. The number of nitrogens with zero attached hydrogens (tertiary/aromatic N) is 5. The molecule has 0 bridgehead atoms. The van der Waals surface area contributed by atoms with Crippen molar-refractivity contribution in [2.45, 2.75) is 27.3 Å². The molecule has 0 unspecified atom stereocenters. The maximum absolute atomic E-state index is 5.53. The molecule has 0 amide bonds. The van der Waals surface area contributed by atoms with Crippen molar-refractivity contribution in [2.24, 2.45) is 5.10 Å². The van der Waals surface area contributed by atoms with Gasteiger partial charge in [0.25, 0.3) is 0 Å². The summed E-state index contributed by atoms with van der Waals surface area (Å²) in [5, 5.41) is 4.59. The number of morpholine rings is 1. The third kappa shape index (κ3) is 5.03. The molecule has 1 aliphatic heterocycles. The van der Waals surface area contributed by atoms with Crippen molar-refractivity contribution in [2.75, 3.05) is 49.8 Å². The Morgan fingerprint density at radius 3 is 2.87 bits per heavy atom. The van der Waals surface area contributed by atoms with Crippen LogP contribution in [-0.4, -0.2) is 59.8 Å². The van der Waals surface area contributed by atoms with E-state index in [4.69, 9.17) is 14.5 Å². The summed E-state index contributed by atoms with van der Waals surface area (Å²) in [6.45, 7) is 11.2. The van der Waals surface area contributed by atoms with Crippen LogP contribution in [0.15, 0.2) is 41.8 Å². The Morgan fingerprint density at radius 2 is 2.10 bits per heavy atom. The van der Waals surface area contributed by atoms with E-state index in [9.17, 15) is 0 Å². The first-order valence-electron chi connectivity index (χ1n) is 10.8. The van der Waals surface area contributed by atoms with Crippen LogP contribution in [0.1, 0.15) is 25.0 Å². The van der Waals surface area contributed by atoms with Crippen LogP contribution in [0, 0.1) is 6.92 Å². The summed E-state index contributed by atoms with van der Waals surface area (Å²) in [4.78, 5) is 11.8. The average Bonchev–Trinajstić information content (AvgIpc) is 3.20. The van der Waals surface area contributed by atoms with Gasteiger partial charge in [-0.25, -0.2) is 9.97 Å². The van der Waals surface area contributed by atoms with Gasteiger partial charge in [-0.1, -0.05) is 29.8 Å². The quantitative estimate of drug-likeness (QED) is 0.340. The maximum Gasteiger partial charge on any atom is 0.164 e. The molecule has 0 spiro atoms. The van der Waals surface area contributed by atoms with E-state index >= 15 is 0 Å². The normalized spacial score (nSPS) is 14.9. The fourth-order valence-corrected chi connectivity index (χ4v) is 3.67. The lowest BCUT2D eigenvalue weighted by Crippen LogP contribution is -2.36. The van der Waals surface area contributed by atoms with E-state index in [0.717, 1.165) is 41.2 Å². The zero-order valence-corrected chi connectivity index (χ0v) is 18.5. The summed E-state index contributed by atoms with van der Waals surface area (Å²) in [5.41, 5.74) is 9.14. The number of fused-ring (bicyclic) bond motifs is 1. The molecule has 1 aromatic carbocycles. The van der Waals surface area contributed by atoms with Gasteiger partial charge in [0.05, 0.1) is 37.5 Å². The van der Waals surface area contributed by atoms with Crippen molar-refractivity contribution in [3.8, 4) is 0 Å². The van der Waals surface area contributed by atoms with Crippen molar-refractivity contribution in [3.05, 3.63) is 47.8 Å². The molecule has 8 heteroatoms. The minimum Gasteiger partial charge on any atom is -0.380 e. The first-order chi connectivity index (χ1) is 15.2. The van der Waals surface area contributed by atoms with E-state index in [-0.39, 0.29) is 0 Å². The van der Waals surface area contributed by atoms with Crippen molar-refractivity contribution in [1.82, 2.24) is 14.5 Å². The summed E-state index contributed by atoms with van der Waals surface area (Å²) >= 11 is 0. The minimum atomic E-state index is 0.624. The van der Waals surface area contributed by atoms with Crippen LogP contribution in [0.25, 0.3) is 11.2 Å². The van der Waals surface area contributed by atoms with E-state index in [2.05, 4.69) is 45.5 Å². The standard InChI is InChI=1S/C23H30N6O2/c1-4-30-11-10-29-16-24-22-20(28-8-12-31-13-9-28)15-21(25-23(22)29)27-26-18(3)19-7-5-6-17(2)14-19/h5-7,14-16H,4,8-13H2,1-3H3,(H,25,27)/b26-18+. The Labute approximate surface area is 182 Å². The first-order valence-corrected chi connectivity index (χ1v) is 10.8.